The van der Waals surface area contributed by atoms with Crippen molar-refractivity contribution in [2.24, 2.45) is 11.3 Å². The molecule has 3 nitrogen and oxygen atoms in total. The van der Waals surface area contributed by atoms with Gasteiger partial charge in [-0.25, -0.2) is 0 Å². The minimum Gasteiger partial charge on any atom is -0.367 e. The molecule has 0 aromatic heterocycles. The van der Waals surface area contributed by atoms with E-state index in [1.54, 1.807) is 0 Å². The molecule has 1 aliphatic rings. The minimum absolute atomic E-state index is 0.0173. The van der Waals surface area contributed by atoms with Gasteiger partial charge in [-0.15, -0.1) is 0 Å². The first kappa shape index (κ1) is 11.0. The molecule has 0 aliphatic carbocycles. The third-order valence-electron chi connectivity index (χ3n) is 2.83. The summed E-state index contributed by atoms with van der Waals surface area (Å²) in [5.74, 6) is 0.271. The number of rotatable bonds is 1. The van der Waals surface area contributed by atoms with E-state index in [9.17, 15) is 5.11 Å². The maximum absolute atomic E-state index is 9.72. The second-order valence-corrected chi connectivity index (χ2v) is 4.70. The lowest BCUT2D eigenvalue weighted by atomic mass is 9.85. The molecule has 1 aliphatic heterocycles. The molecule has 13 heavy (non-hydrogen) atoms. The van der Waals surface area contributed by atoms with E-state index in [0.29, 0.717) is 0 Å². The molecule has 78 valence electrons. The van der Waals surface area contributed by atoms with Crippen molar-refractivity contribution in [3.63, 3.8) is 0 Å². The van der Waals surface area contributed by atoms with Crippen molar-refractivity contribution in [1.82, 2.24) is 0 Å². The van der Waals surface area contributed by atoms with Crippen LogP contribution in [0.3, 0.4) is 0 Å². The fourth-order valence-electron chi connectivity index (χ4n) is 1.23. The van der Waals surface area contributed by atoms with Gasteiger partial charge in [0.15, 0.2) is 12.6 Å². The molecule has 0 bridgehead atoms. The van der Waals surface area contributed by atoms with E-state index in [2.05, 4.69) is 0 Å². The van der Waals surface area contributed by atoms with Crippen LogP contribution in [-0.2, 0) is 9.47 Å². The van der Waals surface area contributed by atoms with Gasteiger partial charge in [0, 0.05) is 11.3 Å². The van der Waals surface area contributed by atoms with Crippen LogP contribution >= 0.6 is 0 Å². The number of aliphatic hydroxyl groups is 1. The molecule has 0 saturated carbocycles. The SMILES string of the molecule is CC(C)C1OC(C)C(C)(C)C(O)O1. The normalized spacial score (nSPS) is 39.5. The first-order valence-corrected chi connectivity index (χ1v) is 4.84. The van der Waals surface area contributed by atoms with Crippen molar-refractivity contribution in [2.75, 3.05) is 0 Å². The summed E-state index contributed by atoms with van der Waals surface area (Å²) in [5.41, 5.74) is -0.328. The van der Waals surface area contributed by atoms with Gasteiger partial charge in [-0.05, 0) is 6.92 Å². The molecule has 1 heterocycles. The predicted octanol–water partition coefficient (Wildman–Crippen LogP) is 1.75. The third kappa shape index (κ3) is 2.03. The summed E-state index contributed by atoms with van der Waals surface area (Å²) in [7, 11) is 0. The van der Waals surface area contributed by atoms with Crippen LogP contribution in [0.1, 0.15) is 34.6 Å². The zero-order chi connectivity index (χ0) is 10.2. The zero-order valence-corrected chi connectivity index (χ0v) is 9.07. The molecular weight excluding hydrogens is 168 g/mol. The van der Waals surface area contributed by atoms with E-state index >= 15 is 0 Å². The van der Waals surface area contributed by atoms with Gasteiger partial charge in [-0.1, -0.05) is 27.7 Å². The van der Waals surface area contributed by atoms with Crippen molar-refractivity contribution in [2.45, 2.75) is 53.3 Å². The summed E-state index contributed by atoms with van der Waals surface area (Å²) in [5, 5.41) is 9.72. The first-order valence-electron chi connectivity index (χ1n) is 4.84. The van der Waals surface area contributed by atoms with Crippen LogP contribution in [0.25, 0.3) is 0 Å². The van der Waals surface area contributed by atoms with Crippen LogP contribution in [0.15, 0.2) is 0 Å². The summed E-state index contributed by atoms with van der Waals surface area (Å²) in [6.45, 7) is 9.89. The van der Waals surface area contributed by atoms with Crippen molar-refractivity contribution in [3.05, 3.63) is 0 Å². The average molecular weight is 188 g/mol. The number of aliphatic hydroxyl groups excluding tert-OH is 1. The Hall–Kier alpha value is -0.120. The largest absolute Gasteiger partial charge is 0.367 e. The Morgan fingerprint density at radius 1 is 1.23 bits per heavy atom. The highest BCUT2D eigenvalue weighted by atomic mass is 16.7. The molecule has 0 amide bonds. The van der Waals surface area contributed by atoms with Gasteiger partial charge in [-0.3, -0.25) is 0 Å². The summed E-state index contributed by atoms with van der Waals surface area (Å²) in [6, 6.07) is 0. The number of hydrogen-bond acceptors (Lipinski definition) is 3. The van der Waals surface area contributed by atoms with Crippen LogP contribution in [0.2, 0.25) is 0 Å². The topological polar surface area (TPSA) is 38.7 Å². The van der Waals surface area contributed by atoms with Crippen molar-refractivity contribution < 1.29 is 14.6 Å². The smallest absolute Gasteiger partial charge is 0.165 e. The van der Waals surface area contributed by atoms with Crippen LogP contribution < -0.4 is 0 Å². The molecule has 0 aromatic carbocycles. The lowest BCUT2D eigenvalue weighted by Crippen LogP contribution is -2.52. The summed E-state index contributed by atoms with van der Waals surface area (Å²) < 4.78 is 11.0. The number of hydrogen-bond donors (Lipinski definition) is 1. The molecule has 3 unspecified atom stereocenters. The van der Waals surface area contributed by atoms with Gasteiger partial charge in [-0.2, -0.15) is 0 Å². The minimum atomic E-state index is -0.733. The van der Waals surface area contributed by atoms with Gasteiger partial charge in [0.1, 0.15) is 0 Å². The Bertz CT molecular complexity index is 163. The lowest BCUT2D eigenvalue weighted by Gasteiger charge is -2.45. The Morgan fingerprint density at radius 3 is 2.15 bits per heavy atom. The van der Waals surface area contributed by atoms with Crippen molar-refractivity contribution in [1.29, 1.82) is 0 Å². The summed E-state index contributed by atoms with van der Waals surface area (Å²) in [6.07, 6.45) is -0.995. The van der Waals surface area contributed by atoms with E-state index in [-0.39, 0.29) is 23.7 Å². The average Bonchev–Trinajstić information content (AvgIpc) is 2.00. The van der Waals surface area contributed by atoms with E-state index in [1.807, 2.05) is 34.6 Å². The summed E-state index contributed by atoms with van der Waals surface area (Å²) >= 11 is 0. The lowest BCUT2D eigenvalue weighted by molar-refractivity contribution is -0.352. The molecule has 0 spiro atoms. The number of ether oxygens (including phenoxy) is 2. The van der Waals surface area contributed by atoms with Gasteiger partial charge < -0.3 is 14.6 Å². The standard InChI is InChI=1S/C10H20O3/c1-6(2)8-12-7(3)10(4,5)9(11)13-8/h6-9,11H,1-5H3. The predicted molar refractivity (Wildman–Crippen MR) is 50.0 cm³/mol. The van der Waals surface area contributed by atoms with Gasteiger partial charge in [0.05, 0.1) is 6.10 Å². The molecule has 3 heteroatoms. The van der Waals surface area contributed by atoms with Gasteiger partial charge in [0.2, 0.25) is 0 Å². The Labute approximate surface area is 80.0 Å². The Morgan fingerprint density at radius 2 is 1.77 bits per heavy atom. The molecule has 1 N–H and O–H groups in total. The Kier molecular flexibility index (Phi) is 3.00. The van der Waals surface area contributed by atoms with Crippen LogP contribution in [0, 0.1) is 11.3 Å². The van der Waals surface area contributed by atoms with E-state index in [4.69, 9.17) is 9.47 Å². The monoisotopic (exact) mass is 188 g/mol. The fraction of sp³-hybridized carbons (Fsp3) is 1.00. The molecule has 3 atom stereocenters. The van der Waals surface area contributed by atoms with Crippen molar-refractivity contribution in [3.8, 4) is 0 Å². The van der Waals surface area contributed by atoms with E-state index in [0.717, 1.165) is 0 Å². The highest BCUT2D eigenvalue weighted by Crippen LogP contribution is 2.35. The molecule has 0 aromatic rings. The van der Waals surface area contributed by atoms with Crippen LogP contribution in [-0.4, -0.2) is 23.8 Å². The van der Waals surface area contributed by atoms with Gasteiger partial charge in [0.25, 0.3) is 0 Å². The quantitative estimate of drug-likeness (QED) is 0.681. The molecule has 1 fully saturated rings. The van der Waals surface area contributed by atoms with Crippen LogP contribution in [0.4, 0.5) is 0 Å². The molecule has 1 saturated heterocycles. The summed E-state index contributed by atoms with van der Waals surface area (Å²) in [4.78, 5) is 0. The Balaban J connectivity index is 2.68. The fourth-order valence-corrected chi connectivity index (χ4v) is 1.23. The van der Waals surface area contributed by atoms with Gasteiger partial charge >= 0.3 is 0 Å². The second kappa shape index (κ2) is 3.56. The highest BCUT2D eigenvalue weighted by molar-refractivity contribution is 4.83. The van der Waals surface area contributed by atoms with E-state index < -0.39 is 6.29 Å². The first-order chi connectivity index (χ1) is 5.85. The van der Waals surface area contributed by atoms with Crippen LogP contribution in [0.5, 0.6) is 0 Å². The molecule has 0 radical (unpaired) electrons. The molecular formula is C10H20O3. The van der Waals surface area contributed by atoms with E-state index in [1.165, 1.54) is 0 Å². The third-order valence-corrected chi connectivity index (χ3v) is 2.83. The zero-order valence-electron chi connectivity index (χ0n) is 9.07. The second-order valence-electron chi connectivity index (χ2n) is 4.70. The maximum Gasteiger partial charge on any atom is 0.165 e. The highest BCUT2D eigenvalue weighted by Gasteiger charge is 2.43. The van der Waals surface area contributed by atoms with Crippen molar-refractivity contribution >= 4 is 0 Å². The maximum atomic E-state index is 9.72. The molecule has 1 rings (SSSR count).